The highest BCUT2D eigenvalue weighted by atomic mass is 16.3. The molecule has 0 radical (unpaired) electrons. The molecule has 5 N–H and O–H groups in total. The number of anilines is 1. The zero-order chi connectivity index (χ0) is 13.8. The fraction of sp³-hybridized carbons (Fsp3) is 0.500. The smallest absolute Gasteiger partial charge is 0.221 e. The van der Waals surface area contributed by atoms with Crippen molar-refractivity contribution >= 4 is 11.6 Å². The summed E-state index contributed by atoms with van der Waals surface area (Å²) in [5.41, 5.74) is 12.5. The molecule has 0 aliphatic carbocycles. The molecule has 5 heteroatoms. The number of aliphatic hydroxyl groups excluding tert-OH is 1. The molecule has 2 rings (SSSR count). The molecular formula is C14H21N3O2. The Morgan fingerprint density at radius 2 is 2.32 bits per heavy atom. The van der Waals surface area contributed by atoms with Gasteiger partial charge >= 0.3 is 0 Å². The Labute approximate surface area is 113 Å². The summed E-state index contributed by atoms with van der Waals surface area (Å²) in [6, 6.07) is 7.26. The number of carbonyl (C=O) groups is 1. The first-order valence-electron chi connectivity index (χ1n) is 6.61. The normalized spacial score (nSPS) is 22.1. The van der Waals surface area contributed by atoms with Crippen molar-refractivity contribution in [2.75, 3.05) is 25.4 Å². The number of benzene rings is 1. The fourth-order valence-electron chi connectivity index (χ4n) is 2.57. The largest absolute Gasteiger partial charge is 0.399 e. The number of hydrogen-bond acceptors (Lipinski definition) is 4. The number of amides is 1. The number of piperidine rings is 1. The van der Waals surface area contributed by atoms with E-state index >= 15 is 0 Å². The monoisotopic (exact) mass is 263 g/mol. The van der Waals surface area contributed by atoms with Crippen LogP contribution in [0.15, 0.2) is 24.3 Å². The van der Waals surface area contributed by atoms with Gasteiger partial charge in [0.2, 0.25) is 5.91 Å². The molecule has 0 spiro atoms. The number of aliphatic hydroxyl groups is 1. The van der Waals surface area contributed by atoms with Crippen molar-refractivity contribution in [3.8, 4) is 0 Å². The summed E-state index contributed by atoms with van der Waals surface area (Å²) < 4.78 is 0. The lowest BCUT2D eigenvalue weighted by Gasteiger charge is -2.32. The molecule has 0 saturated carbocycles. The van der Waals surface area contributed by atoms with Crippen molar-refractivity contribution in [3.05, 3.63) is 29.8 Å². The Morgan fingerprint density at radius 1 is 1.53 bits per heavy atom. The van der Waals surface area contributed by atoms with E-state index in [4.69, 9.17) is 11.5 Å². The van der Waals surface area contributed by atoms with Gasteiger partial charge in [-0.05, 0) is 37.1 Å². The van der Waals surface area contributed by atoms with Crippen LogP contribution in [0.3, 0.4) is 0 Å². The van der Waals surface area contributed by atoms with E-state index in [-0.39, 0.29) is 11.8 Å². The molecule has 104 valence electrons. The molecule has 1 fully saturated rings. The number of nitrogens with zero attached hydrogens (tertiary/aromatic N) is 1. The Morgan fingerprint density at radius 3 is 3.00 bits per heavy atom. The van der Waals surface area contributed by atoms with E-state index in [9.17, 15) is 9.90 Å². The van der Waals surface area contributed by atoms with Crippen LogP contribution >= 0.6 is 0 Å². The van der Waals surface area contributed by atoms with Gasteiger partial charge in [0.25, 0.3) is 0 Å². The molecule has 1 aromatic rings. The Bertz CT molecular complexity index is 450. The van der Waals surface area contributed by atoms with Crippen molar-refractivity contribution in [2.24, 2.45) is 11.7 Å². The minimum atomic E-state index is -0.588. The first kappa shape index (κ1) is 13.8. The first-order chi connectivity index (χ1) is 9.06. The van der Waals surface area contributed by atoms with Crippen LogP contribution < -0.4 is 11.5 Å². The van der Waals surface area contributed by atoms with Gasteiger partial charge in [0.15, 0.2) is 0 Å². The number of nitrogen functional groups attached to an aromatic ring is 1. The molecule has 1 aromatic carbocycles. The van der Waals surface area contributed by atoms with Crippen LogP contribution in [-0.2, 0) is 4.79 Å². The van der Waals surface area contributed by atoms with Gasteiger partial charge in [-0.3, -0.25) is 9.69 Å². The van der Waals surface area contributed by atoms with E-state index in [1.807, 2.05) is 12.1 Å². The summed E-state index contributed by atoms with van der Waals surface area (Å²) >= 11 is 0. The predicted octanol–water partition coefficient (Wildman–Crippen LogP) is 0.499. The van der Waals surface area contributed by atoms with Crippen molar-refractivity contribution < 1.29 is 9.90 Å². The second-order valence-corrected chi connectivity index (χ2v) is 5.19. The molecule has 0 bridgehead atoms. The zero-order valence-electron chi connectivity index (χ0n) is 11.0. The maximum absolute atomic E-state index is 11.2. The molecule has 0 aromatic heterocycles. The van der Waals surface area contributed by atoms with Gasteiger partial charge in [0.1, 0.15) is 0 Å². The number of rotatable bonds is 4. The summed E-state index contributed by atoms with van der Waals surface area (Å²) in [4.78, 5) is 13.3. The maximum Gasteiger partial charge on any atom is 0.221 e. The van der Waals surface area contributed by atoms with E-state index in [2.05, 4.69) is 4.90 Å². The lowest BCUT2D eigenvalue weighted by atomic mass is 9.97. The Hall–Kier alpha value is -1.59. The van der Waals surface area contributed by atoms with Crippen molar-refractivity contribution in [1.82, 2.24) is 4.90 Å². The average molecular weight is 263 g/mol. The summed E-state index contributed by atoms with van der Waals surface area (Å²) in [6.07, 6.45) is 1.20. The summed E-state index contributed by atoms with van der Waals surface area (Å²) in [6.45, 7) is 2.03. The maximum atomic E-state index is 11.2. The third kappa shape index (κ3) is 3.68. The number of carbonyl (C=O) groups excluding carboxylic acids is 1. The van der Waals surface area contributed by atoms with E-state index in [1.165, 1.54) is 0 Å². The van der Waals surface area contributed by atoms with Crippen LogP contribution in [-0.4, -0.2) is 35.5 Å². The third-order valence-corrected chi connectivity index (χ3v) is 3.63. The topological polar surface area (TPSA) is 92.6 Å². The number of β-amino-alcohol motifs (C(OH)–C–C–N with tert-alkyl or cyclic N) is 1. The SMILES string of the molecule is NC(=O)C1CCCN(CC(O)c2cccc(N)c2)C1. The van der Waals surface area contributed by atoms with Crippen LogP contribution in [0.1, 0.15) is 24.5 Å². The van der Waals surface area contributed by atoms with Gasteiger partial charge in [-0.25, -0.2) is 0 Å². The van der Waals surface area contributed by atoms with Crippen molar-refractivity contribution in [1.29, 1.82) is 0 Å². The predicted molar refractivity (Wildman–Crippen MR) is 74.2 cm³/mol. The highest BCUT2D eigenvalue weighted by Gasteiger charge is 2.25. The molecule has 1 amide bonds. The van der Waals surface area contributed by atoms with Crippen LogP contribution in [0.25, 0.3) is 0 Å². The molecule has 5 nitrogen and oxygen atoms in total. The van der Waals surface area contributed by atoms with Gasteiger partial charge in [-0.2, -0.15) is 0 Å². The number of likely N-dealkylation sites (tertiary alicyclic amines) is 1. The summed E-state index contributed by atoms with van der Waals surface area (Å²) in [7, 11) is 0. The van der Waals surface area contributed by atoms with Gasteiger partial charge in [-0.15, -0.1) is 0 Å². The number of primary amides is 1. The van der Waals surface area contributed by atoms with Gasteiger partial charge in [0, 0.05) is 18.8 Å². The fourth-order valence-corrected chi connectivity index (χ4v) is 2.57. The van der Waals surface area contributed by atoms with Gasteiger partial charge in [-0.1, -0.05) is 12.1 Å². The van der Waals surface area contributed by atoms with E-state index in [0.29, 0.717) is 18.8 Å². The first-order valence-corrected chi connectivity index (χ1v) is 6.61. The van der Waals surface area contributed by atoms with E-state index in [0.717, 1.165) is 24.9 Å². The molecule has 1 aliphatic heterocycles. The summed E-state index contributed by atoms with van der Waals surface area (Å²) in [5.74, 6) is -0.343. The third-order valence-electron chi connectivity index (χ3n) is 3.63. The van der Waals surface area contributed by atoms with Crippen LogP contribution in [0.5, 0.6) is 0 Å². The average Bonchev–Trinajstić information content (AvgIpc) is 2.39. The van der Waals surface area contributed by atoms with E-state index in [1.54, 1.807) is 12.1 Å². The second-order valence-electron chi connectivity index (χ2n) is 5.19. The van der Waals surface area contributed by atoms with Crippen molar-refractivity contribution in [2.45, 2.75) is 18.9 Å². The molecule has 19 heavy (non-hydrogen) atoms. The molecule has 2 atom stereocenters. The minimum Gasteiger partial charge on any atom is -0.399 e. The van der Waals surface area contributed by atoms with E-state index < -0.39 is 6.10 Å². The highest BCUT2D eigenvalue weighted by molar-refractivity contribution is 5.76. The molecule has 2 unspecified atom stereocenters. The van der Waals surface area contributed by atoms with Gasteiger partial charge < -0.3 is 16.6 Å². The Kier molecular flexibility index (Phi) is 4.39. The van der Waals surface area contributed by atoms with Crippen LogP contribution in [0, 0.1) is 5.92 Å². The van der Waals surface area contributed by atoms with Crippen LogP contribution in [0.4, 0.5) is 5.69 Å². The van der Waals surface area contributed by atoms with Crippen LogP contribution in [0.2, 0.25) is 0 Å². The minimum absolute atomic E-state index is 0.0956. The molecule has 1 saturated heterocycles. The second kappa shape index (κ2) is 6.04. The zero-order valence-corrected chi connectivity index (χ0v) is 11.0. The molecule has 1 heterocycles. The lowest BCUT2D eigenvalue weighted by molar-refractivity contribution is -0.123. The molecule has 1 aliphatic rings. The molecular weight excluding hydrogens is 242 g/mol. The Balaban J connectivity index is 1.95. The van der Waals surface area contributed by atoms with Crippen molar-refractivity contribution in [3.63, 3.8) is 0 Å². The number of nitrogens with two attached hydrogens (primary N) is 2. The lowest BCUT2D eigenvalue weighted by Crippen LogP contribution is -2.42. The van der Waals surface area contributed by atoms with Gasteiger partial charge in [0.05, 0.1) is 12.0 Å². The quantitative estimate of drug-likeness (QED) is 0.690. The number of hydrogen-bond donors (Lipinski definition) is 3. The highest BCUT2D eigenvalue weighted by Crippen LogP contribution is 2.21. The summed E-state index contributed by atoms with van der Waals surface area (Å²) in [5, 5.41) is 10.2. The standard InChI is InChI=1S/C14H21N3O2/c15-12-5-1-3-10(7-12)13(18)9-17-6-2-4-11(8-17)14(16)19/h1,3,5,7,11,13,18H,2,4,6,8-9,15H2,(H2,16,19).